The minimum absolute atomic E-state index is 0.0952. The SMILES string of the molecule is COC(=O)Cc1cccc(C(=O)NCc2ccc(-n3c(-c4cccnc4N)nc4ccc(-c5ccccc5)nc43)cn2)c1. The number of rotatable bonds is 8. The predicted octanol–water partition coefficient (Wildman–Crippen LogP) is 4.77. The summed E-state index contributed by atoms with van der Waals surface area (Å²) >= 11 is 0. The van der Waals surface area contributed by atoms with Crippen molar-refractivity contribution in [2.24, 2.45) is 0 Å². The number of nitrogens with one attached hydrogen (secondary N) is 1. The lowest BCUT2D eigenvalue weighted by molar-refractivity contribution is -0.139. The van der Waals surface area contributed by atoms with Crippen LogP contribution < -0.4 is 11.1 Å². The Bertz CT molecular complexity index is 1940. The number of aromatic nitrogens is 5. The van der Waals surface area contributed by atoms with Gasteiger partial charge in [0.2, 0.25) is 0 Å². The molecule has 0 radical (unpaired) electrons. The van der Waals surface area contributed by atoms with Crippen molar-refractivity contribution in [1.82, 2.24) is 29.8 Å². The Morgan fingerprint density at radius 3 is 2.53 bits per heavy atom. The quantitative estimate of drug-likeness (QED) is 0.250. The summed E-state index contributed by atoms with van der Waals surface area (Å²) in [5.74, 6) is 0.303. The maximum Gasteiger partial charge on any atom is 0.309 e. The molecule has 6 aromatic rings. The zero-order valence-corrected chi connectivity index (χ0v) is 23.3. The van der Waals surface area contributed by atoms with Crippen LogP contribution in [0.3, 0.4) is 0 Å². The number of esters is 1. The molecule has 212 valence electrons. The highest BCUT2D eigenvalue weighted by atomic mass is 16.5. The minimum Gasteiger partial charge on any atom is -0.469 e. The highest BCUT2D eigenvalue weighted by Gasteiger charge is 2.19. The lowest BCUT2D eigenvalue weighted by Gasteiger charge is -2.11. The second-order valence-electron chi connectivity index (χ2n) is 9.76. The molecule has 0 aliphatic rings. The van der Waals surface area contributed by atoms with E-state index in [2.05, 4.69) is 15.3 Å². The first kappa shape index (κ1) is 27.3. The van der Waals surface area contributed by atoms with Crippen molar-refractivity contribution in [3.8, 4) is 28.3 Å². The van der Waals surface area contributed by atoms with E-state index in [0.29, 0.717) is 45.2 Å². The van der Waals surface area contributed by atoms with Crippen LogP contribution in [0.4, 0.5) is 5.82 Å². The summed E-state index contributed by atoms with van der Waals surface area (Å²) in [5.41, 5.74) is 12.6. The van der Waals surface area contributed by atoms with Gasteiger partial charge in [0, 0.05) is 17.3 Å². The Morgan fingerprint density at radius 1 is 0.907 bits per heavy atom. The molecule has 1 amide bonds. The van der Waals surface area contributed by atoms with Crippen LogP contribution in [-0.4, -0.2) is 43.5 Å². The maximum atomic E-state index is 12.8. The van der Waals surface area contributed by atoms with Gasteiger partial charge in [0.1, 0.15) is 11.3 Å². The van der Waals surface area contributed by atoms with Crippen molar-refractivity contribution in [3.63, 3.8) is 0 Å². The highest BCUT2D eigenvalue weighted by molar-refractivity contribution is 5.94. The molecule has 0 atom stereocenters. The van der Waals surface area contributed by atoms with Gasteiger partial charge >= 0.3 is 5.97 Å². The second kappa shape index (κ2) is 11.9. The first-order valence-corrected chi connectivity index (χ1v) is 13.5. The first-order chi connectivity index (χ1) is 21.0. The van der Waals surface area contributed by atoms with Crippen molar-refractivity contribution in [2.45, 2.75) is 13.0 Å². The molecule has 3 N–H and O–H groups in total. The molecule has 0 saturated heterocycles. The molecular formula is C33H27N7O3. The van der Waals surface area contributed by atoms with Crippen molar-refractivity contribution < 1.29 is 14.3 Å². The lowest BCUT2D eigenvalue weighted by Crippen LogP contribution is -2.23. The summed E-state index contributed by atoms with van der Waals surface area (Å²) in [6.07, 6.45) is 3.45. The van der Waals surface area contributed by atoms with E-state index in [-0.39, 0.29) is 24.8 Å². The standard InChI is InChI=1S/C33H27N7O3/c1-43-29(41)18-21-7-5-10-23(17-21)33(42)37-19-24-12-13-25(20-36-24)40-31(26-11-6-16-35-30(26)34)39-28-15-14-27(38-32(28)40)22-8-3-2-4-9-22/h2-17,20H,18-19H2,1H3,(H2,34,35)(H,37,42). The lowest BCUT2D eigenvalue weighted by atomic mass is 10.1. The molecule has 0 saturated carbocycles. The number of methoxy groups -OCH3 is 1. The number of hydrogen-bond acceptors (Lipinski definition) is 8. The average Bonchev–Trinajstić information content (AvgIpc) is 3.43. The van der Waals surface area contributed by atoms with Crippen molar-refractivity contribution >= 4 is 28.9 Å². The fraction of sp³-hybridized carbons (Fsp3) is 0.0909. The summed E-state index contributed by atoms with van der Waals surface area (Å²) in [6.45, 7) is 0.212. The topological polar surface area (TPSA) is 138 Å². The number of hydrogen-bond donors (Lipinski definition) is 2. The molecular weight excluding hydrogens is 542 g/mol. The van der Waals surface area contributed by atoms with Crippen LogP contribution in [0.1, 0.15) is 21.6 Å². The minimum atomic E-state index is -0.367. The number of nitrogens with two attached hydrogens (primary N) is 1. The van der Waals surface area contributed by atoms with Crippen LogP contribution in [0, 0.1) is 0 Å². The zero-order valence-electron chi connectivity index (χ0n) is 23.3. The zero-order chi connectivity index (χ0) is 29.8. The summed E-state index contributed by atoms with van der Waals surface area (Å²) in [5, 5.41) is 2.89. The number of carbonyl (C=O) groups is 2. The number of amides is 1. The smallest absolute Gasteiger partial charge is 0.309 e. The van der Waals surface area contributed by atoms with Gasteiger partial charge in [-0.25, -0.2) is 15.0 Å². The number of nitrogens with zero attached hydrogens (tertiary/aromatic N) is 5. The molecule has 4 aromatic heterocycles. The number of pyridine rings is 3. The fourth-order valence-corrected chi connectivity index (χ4v) is 4.75. The van der Waals surface area contributed by atoms with Gasteiger partial charge in [0.25, 0.3) is 5.91 Å². The normalized spacial score (nSPS) is 10.9. The fourth-order valence-electron chi connectivity index (χ4n) is 4.75. The van der Waals surface area contributed by atoms with E-state index in [4.69, 9.17) is 20.4 Å². The Morgan fingerprint density at radius 2 is 1.77 bits per heavy atom. The van der Waals surface area contributed by atoms with Gasteiger partial charge in [-0.05, 0) is 54.1 Å². The van der Waals surface area contributed by atoms with Gasteiger partial charge in [-0.15, -0.1) is 0 Å². The first-order valence-electron chi connectivity index (χ1n) is 13.5. The number of nitrogen functional groups attached to an aromatic ring is 1. The number of anilines is 1. The third-order valence-corrected chi connectivity index (χ3v) is 6.92. The van der Waals surface area contributed by atoms with Gasteiger partial charge in [-0.2, -0.15) is 0 Å². The van der Waals surface area contributed by atoms with Crippen LogP contribution in [0.15, 0.2) is 103 Å². The van der Waals surface area contributed by atoms with E-state index < -0.39 is 0 Å². The van der Waals surface area contributed by atoms with Gasteiger partial charge in [0.15, 0.2) is 11.5 Å². The molecule has 0 aliphatic carbocycles. The van der Waals surface area contributed by atoms with Crippen LogP contribution in [0.5, 0.6) is 0 Å². The Kier molecular flexibility index (Phi) is 7.56. The molecule has 43 heavy (non-hydrogen) atoms. The monoisotopic (exact) mass is 569 g/mol. The predicted molar refractivity (Wildman–Crippen MR) is 163 cm³/mol. The van der Waals surface area contributed by atoms with Crippen LogP contribution in [0.2, 0.25) is 0 Å². The molecule has 6 rings (SSSR count). The summed E-state index contributed by atoms with van der Waals surface area (Å²) < 4.78 is 6.63. The van der Waals surface area contributed by atoms with Crippen molar-refractivity contribution in [2.75, 3.05) is 12.8 Å². The average molecular weight is 570 g/mol. The van der Waals surface area contributed by atoms with Crippen LogP contribution in [0.25, 0.3) is 39.5 Å². The maximum absolute atomic E-state index is 12.8. The van der Waals surface area contributed by atoms with E-state index in [1.165, 1.54) is 7.11 Å². The van der Waals surface area contributed by atoms with E-state index in [0.717, 1.165) is 16.9 Å². The van der Waals surface area contributed by atoms with E-state index in [9.17, 15) is 9.59 Å². The molecule has 0 aliphatic heterocycles. The molecule has 10 heteroatoms. The van der Waals surface area contributed by atoms with Gasteiger partial charge in [-0.3, -0.25) is 19.1 Å². The number of fused-ring (bicyclic) bond motifs is 1. The number of benzene rings is 2. The molecule has 0 fully saturated rings. The number of ether oxygens (including phenoxy) is 1. The molecule has 10 nitrogen and oxygen atoms in total. The Hall–Kier alpha value is -5.90. The van der Waals surface area contributed by atoms with E-state index >= 15 is 0 Å². The van der Waals surface area contributed by atoms with Gasteiger partial charge in [0.05, 0.1) is 48.9 Å². The second-order valence-corrected chi connectivity index (χ2v) is 9.76. The number of carbonyl (C=O) groups excluding carboxylic acids is 2. The van der Waals surface area contributed by atoms with Crippen LogP contribution in [-0.2, 0) is 22.5 Å². The largest absolute Gasteiger partial charge is 0.469 e. The van der Waals surface area contributed by atoms with E-state index in [1.807, 2.05) is 71.3 Å². The highest BCUT2D eigenvalue weighted by Crippen LogP contribution is 2.31. The molecule has 4 heterocycles. The molecule has 0 unspecified atom stereocenters. The van der Waals surface area contributed by atoms with Gasteiger partial charge < -0.3 is 15.8 Å². The third-order valence-electron chi connectivity index (χ3n) is 6.92. The third kappa shape index (κ3) is 5.80. The van der Waals surface area contributed by atoms with Crippen LogP contribution >= 0.6 is 0 Å². The summed E-state index contributed by atoms with van der Waals surface area (Å²) in [7, 11) is 1.33. The van der Waals surface area contributed by atoms with Gasteiger partial charge in [-0.1, -0.05) is 42.5 Å². The van der Waals surface area contributed by atoms with Crippen molar-refractivity contribution in [3.05, 3.63) is 120 Å². The molecule has 0 bridgehead atoms. The molecule has 0 spiro atoms. The Labute approximate surface area is 247 Å². The van der Waals surface area contributed by atoms with E-state index in [1.54, 1.807) is 36.7 Å². The molecule has 2 aromatic carbocycles. The summed E-state index contributed by atoms with van der Waals surface area (Å²) in [4.78, 5) is 43.1. The number of imidazole rings is 1. The summed E-state index contributed by atoms with van der Waals surface area (Å²) in [6, 6.07) is 28.1. The van der Waals surface area contributed by atoms with Crippen molar-refractivity contribution in [1.29, 1.82) is 0 Å². The Balaban J connectivity index is 1.30.